The minimum atomic E-state index is -0.746. The van der Waals surface area contributed by atoms with Gasteiger partial charge in [-0.2, -0.15) is 0 Å². The van der Waals surface area contributed by atoms with E-state index in [2.05, 4.69) is 5.32 Å². The molecule has 5 heteroatoms. The molecule has 0 amide bonds. The van der Waals surface area contributed by atoms with Crippen molar-refractivity contribution in [2.45, 2.75) is 45.3 Å². The predicted molar refractivity (Wildman–Crippen MR) is 72.0 cm³/mol. The van der Waals surface area contributed by atoms with Crippen LogP contribution in [0.1, 0.15) is 31.3 Å². The Balaban J connectivity index is 1.69. The summed E-state index contributed by atoms with van der Waals surface area (Å²) in [4.78, 5) is 12.8. The number of aliphatic carboxylic acids is 1. The molecule has 0 radical (unpaired) electrons. The second-order valence-corrected chi connectivity index (χ2v) is 5.17. The van der Waals surface area contributed by atoms with Crippen LogP contribution in [-0.4, -0.2) is 41.1 Å². The molecule has 1 aliphatic rings. The molecule has 1 aromatic heterocycles. The first-order chi connectivity index (χ1) is 9.08. The summed E-state index contributed by atoms with van der Waals surface area (Å²) < 4.78 is 5.50. The van der Waals surface area contributed by atoms with Crippen molar-refractivity contribution in [3.8, 4) is 0 Å². The van der Waals surface area contributed by atoms with Crippen LogP contribution in [0.25, 0.3) is 0 Å². The van der Waals surface area contributed by atoms with E-state index in [1.807, 2.05) is 30.9 Å². The number of nitrogens with zero attached hydrogens (tertiary/aromatic N) is 1. The maximum absolute atomic E-state index is 10.7. The molecule has 0 atom stereocenters. The van der Waals surface area contributed by atoms with E-state index in [4.69, 9.17) is 9.52 Å². The van der Waals surface area contributed by atoms with Crippen LogP contribution in [0.15, 0.2) is 16.5 Å². The van der Waals surface area contributed by atoms with E-state index in [1.165, 1.54) is 0 Å². The Morgan fingerprint density at radius 1 is 1.53 bits per heavy atom. The third-order valence-electron chi connectivity index (χ3n) is 3.74. The number of nitrogens with one attached hydrogen (secondary N) is 1. The highest BCUT2D eigenvalue weighted by Crippen LogP contribution is 2.25. The lowest BCUT2D eigenvalue weighted by atomic mass is 9.85. The molecule has 0 unspecified atom stereocenters. The van der Waals surface area contributed by atoms with E-state index >= 15 is 0 Å². The van der Waals surface area contributed by atoms with Crippen LogP contribution in [0.3, 0.4) is 0 Å². The molecule has 106 valence electrons. The first-order valence-corrected chi connectivity index (χ1v) is 6.83. The summed E-state index contributed by atoms with van der Waals surface area (Å²) in [6.07, 6.45) is 2.03. The van der Waals surface area contributed by atoms with Crippen LogP contribution in [0.5, 0.6) is 0 Å². The monoisotopic (exact) mass is 266 g/mol. The van der Waals surface area contributed by atoms with Crippen LogP contribution < -0.4 is 5.32 Å². The number of carboxylic acid groups (broad SMARTS) is 1. The standard InChI is InChI=1S/C14H22N2O3/c1-3-16(9-14(17)18)12-6-11(7-12)15-8-13-5-4-10(2)19-13/h4-5,11-12,15H,3,6-9H2,1-2H3,(H,17,18). The Hall–Kier alpha value is -1.33. The molecule has 2 N–H and O–H groups in total. The Morgan fingerprint density at radius 2 is 2.26 bits per heavy atom. The van der Waals surface area contributed by atoms with Gasteiger partial charge in [0.05, 0.1) is 13.1 Å². The van der Waals surface area contributed by atoms with E-state index in [-0.39, 0.29) is 6.54 Å². The summed E-state index contributed by atoms with van der Waals surface area (Å²) in [5.74, 6) is 1.14. The van der Waals surface area contributed by atoms with Crippen molar-refractivity contribution in [2.24, 2.45) is 0 Å². The van der Waals surface area contributed by atoms with Gasteiger partial charge in [0.15, 0.2) is 0 Å². The predicted octanol–water partition coefficient (Wildman–Crippen LogP) is 1.62. The summed E-state index contributed by atoms with van der Waals surface area (Å²) in [5.41, 5.74) is 0. The Morgan fingerprint density at radius 3 is 2.79 bits per heavy atom. The van der Waals surface area contributed by atoms with Gasteiger partial charge >= 0.3 is 5.97 Å². The number of aryl methyl sites for hydroxylation is 1. The van der Waals surface area contributed by atoms with Gasteiger partial charge in [-0.25, -0.2) is 0 Å². The molecule has 1 aliphatic carbocycles. The molecule has 2 rings (SSSR count). The van der Waals surface area contributed by atoms with Crippen molar-refractivity contribution in [1.82, 2.24) is 10.2 Å². The van der Waals surface area contributed by atoms with Gasteiger partial charge in [-0.1, -0.05) is 6.92 Å². The Bertz CT molecular complexity index is 424. The SMILES string of the molecule is CCN(CC(=O)O)C1CC(NCc2ccc(C)o2)C1. The fraction of sp³-hybridized carbons (Fsp3) is 0.643. The zero-order valence-corrected chi connectivity index (χ0v) is 11.6. The largest absolute Gasteiger partial charge is 0.480 e. The average Bonchev–Trinajstić information content (AvgIpc) is 2.71. The lowest BCUT2D eigenvalue weighted by Gasteiger charge is -2.42. The number of likely N-dealkylation sites (N-methyl/N-ethyl adjacent to an activating group) is 1. The Kier molecular flexibility index (Phi) is 4.61. The second-order valence-electron chi connectivity index (χ2n) is 5.17. The molecule has 19 heavy (non-hydrogen) atoms. The van der Waals surface area contributed by atoms with Gasteiger partial charge in [0.25, 0.3) is 0 Å². The van der Waals surface area contributed by atoms with Crippen molar-refractivity contribution in [2.75, 3.05) is 13.1 Å². The van der Waals surface area contributed by atoms with E-state index in [9.17, 15) is 4.79 Å². The van der Waals surface area contributed by atoms with Crippen LogP contribution in [0, 0.1) is 6.92 Å². The fourth-order valence-electron chi connectivity index (χ4n) is 2.55. The van der Waals surface area contributed by atoms with E-state index in [1.54, 1.807) is 0 Å². The normalized spacial score (nSPS) is 22.5. The highest BCUT2D eigenvalue weighted by Gasteiger charge is 2.33. The molecule has 1 heterocycles. The molecule has 0 bridgehead atoms. The molecule has 1 saturated carbocycles. The van der Waals surface area contributed by atoms with Gasteiger partial charge in [0.2, 0.25) is 0 Å². The van der Waals surface area contributed by atoms with Gasteiger partial charge in [-0.15, -0.1) is 0 Å². The third kappa shape index (κ3) is 3.81. The van der Waals surface area contributed by atoms with Crippen molar-refractivity contribution < 1.29 is 14.3 Å². The lowest BCUT2D eigenvalue weighted by molar-refractivity contribution is -0.139. The van der Waals surface area contributed by atoms with Crippen molar-refractivity contribution >= 4 is 5.97 Å². The fourth-order valence-corrected chi connectivity index (χ4v) is 2.55. The van der Waals surface area contributed by atoms with E-state index < -0.39 is 5.97 Å². The maximum atomic E-state index is 10.7. The smallest absolute Gasteiger partial charge is 0.317 e. The molecular weight excluding hydrogens is 244 g/mol. The van der Waals surface area contributed by atoms with Gasteiger partial charge in [-0.3, -0.25) is 9.69 Å². The quantitative estimate of drug-likeness (QED) is 0.785. The molecule has 0 aromatic carbocycles. The van der Waals surface area contributed by atoms with Crippen LogP contribution in [0.4, 0.5) is 0 Å². The number of hydrogen-bond acceptors (Lipinski definition) is 4. The zero-order chi connectivity index (χ0) is 13.8. The molecule has 0 spiro atoms. The van der Waals surface area contributed by atoms with Gasteiger partial charge < -0.3 is 14.8 Å². The summed E-state index contributed by atoms with van der Waals surface area (Å²) in [5, 5.41) is 12.3. The van der Waals surface area contributed by atoms with Crippen molar-refractivity contribution in [1.29, 1.82) is 0 Å². The van der Waals surface area contributed by atoms with Crippen LogP contribution in [-0.2, 0) is 11.3 Å². The minimum absolute atomic E-state index is 0.144. The number of furan rings is 1. The first-order valence-electron chi connectivity index (χ1n) is 6.83. The second kappa shape index (κ2) is 6.21. The highest BCUT2D eigenvalue weighted by molar-refractivity contribution is 5.69. The van der Waals surface area contributed by atoms with Crippen molar-refractivity contribution in [3.63, 3.8) is 0 Å². The maximum Gasteiger partial charge on any atom is 0.317 e. The number of carboxylic acids is 1. The molecule has 1 aromatic rings. The Labute approximate surface area is 113 Å². The molecule has 0 saturated heterocycles. The number of carbonyl (C=O) groups is 1. The molecular formula is C14H22N2O3. The van der Waals surface area contributed by atoms with Gasteiger partial charge in [0, 0.05) is 12.1 Å². The zero-order valence-electron chi connectivity index (χ0n) is 11.6. The summed E-state index contributed by atoms with van der Waals surface area (Å²) in [6.45, 7) is 5.63. The van der Waals surface area contributed by atoms with Crippen molar-refractivity contribution in [3.05, 3.63) is 23.7 Å². The van der Waals surface area contributed by atoms with E-state index in [0.29, 0.717) is 12.1 Å². The topological polar surface area (TPSA) is 65.7 Å². The first kappa shape index (κ1) is 14.1. The summed E-state index contributed by atoms with van der Waals surface area (Å²) in [6, 6.07) is 4.82. The number of hydrogen-bond donors (Lipinski definition) is 2. The minimum Gasteiger partial charge on any atom is -0.480 e. The summed E-state index contributed by atoms with van der Waals surface area (Å²) >= 11 is 0. The average molecular weight is 266 g/mol. The van der Waals surface area contributed by atoms with Gasteiger partial charge in [-0.05, 0) is 38.4 Å². The highest BCUT2D eigenvalue weighted by atomic mass is 16.4. The molecule has 5 nitrogen and oxygen atoms in total. The molecule has 1 fully saturated rings. The molecule has 0 aliphatic heterocycles. The van der Waals surface area contributed by atoms with Crippen LogP contribution >= 0.6 is 0 Å². The van der Waals surface area contributed by atoms with E-state index in [0.717, 1.165) is 37.5 Å². The van der Waals surface area contributed by atoms with Crippen LogP contribution in [0.2, 0.25) is 0 Å². The number of rotatable bonds is 7. The lowest BCUT2D eigenvalue weighted by Crippen LogP contribution is -2.53. The summed E-state index contributed by atoms with van der Waals surface area (Å²) in [7, 11) is 0. The third-order valence-corrected chi connectivity index (χ3v) is 3.74. The van der Waals surface area contributed by atoms with Gasteiger partial charge in [0.1, 0.15) is 11.5 Å².